The van der Waals surface area contributed by atoms with Crippen molar-refractivity contribution in [1.82, 2.24) is 14.8 Å². The van der Waals surface area contributed by atoms with Gasteiger partial charge in [-0.3, -0.25) is 4.68 Å². The van der Waals surface area contributed by atoms with Crippen LogP contribution in [-0.4, -0.2) is 26.5 Å². The lowest BCUT2D eigenvalue weighted by Gasteiger charge is -2.14. The zero-order chi connectivity index (χ0) is 14.4. The van der Waals surface area contributed by atoms with Crippen LogP contribution in [0.2, 0.25) is 0 Å². The summed E-state index contributed by atoms with van der Waals surface area (Å²) in [5, 5.41) is 13.8. The number of benzene rings is 1. The van der Waals surface area contributed by atoms with Gasteiger partial charge in [0.1, 0.15) is 12.2 Å². The van der Waals surface area contributed by atoms with E-state index >= 15 is 0 Å². The minimum atomic E-state index is 0.162. The molecule has 0 spiro atoms. The average Bonchev–Trinajstić information content (AvgIpc) is 2.88. The largest absolute Gasteiger partial charge is 0.396 e. The smallest absolute Gasteiger partial charge is 0.138 e. The third-order valence-electron chi connectivity index (χ3n) is 3.30. The molecule has 1 heterocycles. The fourth-order valence-corrected chi connectivity index (χ4v) is 2.52. The van der Waals surface area contributed by atoms with Gasteiger partial charge in [0.15, 0.2) is 0 Å². The Kier molecular flexibility index (Phi) is 5.73. The van der Waals surface area contributed by atoms with Gasteiger partial charge < -0.3 is 5.11 Å². The molecular weight excluding hydrogens is 318 g/mol. The summed E-state index contributed by atoms with van der Waals surface area (Å²) < 4.78 is 3.01. The lowest BCUT2D eigenvalue weighted by atomic mass is 9.96. The molecule has 0 aliphatic rings. The third kappa shape index (κ3) is 4.15. The van der Waals surface area contributed by atoms with Crippen molar-refractivity contribution < 1.29 is 5.11 Å². The number of hydrogen-bond acceptors (Lipinski definition) is 3. The molecule has 0 aliphatic carbocycles. The van der Waals surface area contributed by atoms with Crippen molar-refractivity contribution in [3.05, 3.63) is 46.5 Å². The topological polar surface area (TPSA) is 50.9 Å². The Morgan fingerprint density at radius 1 is 1.25 bits per heavy atom. The van der Waals surface area contributed by atoms with Crippen LogP contribution in [0.3, 0.4) is 0 Å². The van der Waals surface area contributed by atoms with Gasteiger partial charge in [0, 0.05) is 24.0 Å². The van der Waals surface area contributed by atoms with Crippen molar-refractivity contribution >= 4 is 15.9 Å². The standard InChI is InChI=1S/C15H20BrN3O/c1-2-7-19-15(17-11-18-19)9-13(10-20)8-12-3-5-14(16)6-4-12/h3-6,11,13,20H,2,7-10H2,1H3. The Labute approximate surface area is 128 Å². The van der Waals surface area contributed by atoms with Gasteiger partial charge in [-0.2, -0.15) is 5.10 Å². The Bertz CT molecular complexity index is 524. The number of hydrogen-bond donors (Lipinski definition) is 1. The first-order chi connectivity index (χ1) is 9.72. The maximum absolute atomic E-state index is 9.59. The van der Waals surface area contributed by atoms with E-state index < -0.39 is 0 Å². The van der Waals surface area contributed by atoms with Crippen molar-refractivity contribution in [2.24, 2.45) is 5.92 Å². The highest BCUT2D eigenvalue weighted by Crippen LogP contribution is 2.16. The van der Waals surface area contributed by atoms with E-state index in [4.69, 9.17) is 0 Å². The summed E-state index contributed by atoms with van der Waals surface area (Å²) in [7, 11) is 0. The second-order valence-electron chi connectivity index (χ2n) is 4.98. The van der Waals surface area contributed by atoms with E-state index in [1.165, 1.54) is 5.56 Å². The SMILES string of the molecule is CCCn1ncnc1CC(CO)Cc1ccc(Br)cc1. The van der Waals surface area contributed by atoms with Crippen molar-refractivity contribution in [1.29, 1.82) is 0 Å². The number of nitrogens with zero attached hydrogens (tertiary/aromatic N) is 3. The van der Waals surface area contributed by atoms with Gasteiger partial charge in [0.25, 0.3) is 0 Å². The van der Waals surface area contributed by atoms with E-state index in [1.807, 2.05) is 16.8 Å². The molecule has 1 aromatic carbocycles. The number of halogens is 1. The zero-order valence-electron chi connectivity index (χ0n) is 11.7. The summed E-state index contributed by atoms with van der Waals surface area (Å²) in [5.74, 6) is 1.14. The maximum atomic E-state index is 9.59. The monoisotopic (exact) mass is 337 g/mol. The van der Waals surface area contributed by atoms with Gasteiger partial charge >= 0.3 is 0 Å². The maximum Gasteiger partial charge on any atom is 0.138 e. The highest BCUT2D eigenvalue weighted by atomic mass is 79.9. The highest BCUT2D eigenvalue weighted by Gasteiger charge is 2.14. The normalized spacial score (nSPS) is 12.6. The lowest BCUT2D eigenvalue weighted by molar-refractivity contribution is 0.221. The predicted molar refractivity (Wildman–Crippen MR) is 82.4 cm³/mol. The van der Waals surface area contributed by atoms with Crippen LogP contribution in [0.4, 0.5) is 0 Å². The van der Waals surface area contributed by atoms with Crippen molar-refractivity contribution in [3.8, 4) is 0 Å². The van der Waals surface area contributed by atoms with Gasteiger partial charge in [-0.25, -0.2) is 4.98 Å². The Balaban J connectivity index is 2.01. The van der Waals surface area contributed by atoms with Crippen molar-refractivity contribution in [2.45, 2.75) is 32.7 Å². The van der Waals surface area contributed by atoms with E-state index in [0.29, 0.717) is 0 Å². The molecule has 2 aromatic rings. The van der Waals surface area contributed by atoms with E-state index in [-0.39, 0.29) is 12.5 Å². The fourth-order valence-electron chi connectivity index (χ4n) is 2.26. The number of aliphatic hydroxyl groups is 1. The number of aromatic nitrogens is 3. The van der Waals surface area contributed by atoms with Crippen LogP contribution in [0.15, 0.2) is 35.1 Å². The van der Waals surface area contributed by atoms with Crippen LogP contribution in [-0.2, 0) is 19.4 Å². The average molecular weight is 338 g/mol. The van der Waals surface area contributed by atoms with Crippen molar-refractivity contribution in [3.63, 3.8) is 0 Å². The van der Waals surface area contributed by atoms with Crippen molar-refractivity contribution in [2.75, 3.05) is 6.61 Å². The van der Waals surface area contributed by atoms with Crippen LogP contribution in [0.1, 0.15) is 24.7 Å². The molecule has 0 saturated carbocycles. The molecule has 0 fully saturated rings. The first-order valence-corrected chi connectivity index (χ1v) is 7.74. The first-order valence-electron chi connectivity index (χ1n) is 6.95. The van der Waals surface area contributed by atoms with Crippen LogP contribution < -0.4 is 0 Å². The molecule has 4 nitrogen and oxygen atoms in total. The zero-order valence-corrected chi connectivity index (χ0v) is 13.3. The van der Waals surface area contributed by atoms with E-state index in [1.54, 1.807) is 6.33 Å². The van der Waals surface area contributed by atoms with Gasteiger partial charge in [-0.1, -0.05) is 35.0 Å². The number of rotatable bonds is 7. The summed E-state index contributed by atoms with van der Waals surface area (Å²) >= 11 is 3.43. The van der Waals surface area contributed by atoms with Gasteiger partial charge in [-0.15, -0.1) is 0 Å². The molecule has 2 rings (SSSR count). The van der Waals surface area contributed by atoms with Gasteiger partial charge in [0.2, 0.25) is 0 Å². The van der Waals surface area contributed by atoms with E-state index in [0.717, 1.165) is 36.1 Å². The second kappa shape index (κ2) is 7.55. The molecule has 0 radical (unpaired) electrons. The van der Waals surface area contributed by atoms with Crippen LogP contribution in [0.25, 0.3) is 0 Å². The molecule has 108 valence electrons. The minimum Gasteiger partial charge on any atom is -0.396 e. The molecule has 1 aromatic heterocycles. The fraction of sp³-hybridized carbons (Fsp3) is 0.467. The quantitative estimate of drug-likeness (QED) is 0.845. The summed E-state index contributed by atoms with van der Waals surface area (Å²) in [6.45, 7) is 3.16. The summed E-state index contributed by atoms with van der Waals surface area (Å²) in [5.41, 5.74) is 1.23. The van der Waals surface area contributed by atoms with E-state index in [2.05, 4.69) is 45.1 Å². The Morgan fingerprint density at radius 3 is 2.65 bits per heavy atom. The lowest BCUT2D eigenvalue weighted by Crippen LogP contribution is -2.17. The third-order valence-corrected chi connectivity index (χ3v) is 3.83. The molecule has 1 N–H and O–H groups in total. The van der Waals surface area contributed by atoms with Crippen LogP contribution in [0, 0.1) is 5.92 Å². The Hall–Kier alpha value is -1.20. The molecular formula is C15H20BrN3O. The molecule has 0 saturated heterocycles. The molecule has 1 unspecified atom stereocenters. The molecule has 0 amide bonds. The van der Waals surface area contributed by atoms with Gasteiger partial charge in [0.05, 0.1) is 0 Å². The number of aliphatic hydroxyl groups excluding tert-OH is 1. The molecule has 5 heteroatoms. The molecule has 0 bridgehead atoms. The predicted octanol–water partition coefficient (Wildman–Crippen LogP) is 2.84. The second-order valence-corrected chi connectivity index (χ2v) is 5.90. The van der Waals surface area contributed by atoms with E-state index in [9.17, 15) is 5.11 Å². The highest BCUT2D eigenvalue weighted by molar-refractivity contribution is 9.10. The summed E-state index contributed by atoms with van der Waals surface area (Å²) in [4.78, 5) is 4.31. The van der Waals surface area contributed by atoms with Gasteiger partial charge in [-0.05, 0) is 36.5 Å². The van der Waals surface area contributed by atoms with Crippen LogP contribution in [0.5, 0.6) is 0 Å². The molecule has 0 aliphatic heterocycles. The first kappa shape index (κ1) is 15.2. The molecule has 1 atom stereocenters. The van der Waals surface area contributed by atoms with Crippen LogP contribution >= 0.6 is 15.9 Å². The Morgan fingerprint density at radius 2 is 2.00 bits per heavy atom. The molecule has 20 heavy (non-hydrogen) atoms. The summed E-state index contributed by atoms with van der Waals surface area (Å²) in [6.07, 6.45) is 4.24. The number of aryl methyl sites for hydroxylation is 1. The minimum absolute atomic E-state index is 0.162. The summed E-state index contributed by atoms with van der Waals surface area (Å²) in [6, 6.07) is 8.24.